The molecule has 102 valence electrons. The number of rotatable bonds is 2. The van der Waals surface area contributed by atoms with E-state index in [4.69, 9.17) is 11.6 Å². The van der Waals surface area contributed by atoms with Crippen LogP contribution in [0, 0.1) is 18.8 Å². The summed E-state index contributed by atoms with van der Waals surface area (Å²) in [5.74, 6) is 0.958. The van der Waals surface area contributed by atoms with Gasteiger partial charge in [-0.15, -0.1) is 0 Å². The molecule has 0 spiro atoms. The third-order valence-corrected chi connectivity index (χ3v) is 7.31. The number of hydrogen-bond donors (Lipinski definition) is 0. The molecular formula is C11H17ClN2O2S2. The first-order chi connectivity index (χ1) is 8.32. The second-order valence-electron chi connectivity index (χ2n) is 4.95. The standard InChI is InChI=1S/C11H17ClN2O2S2/c1-7-4-5-14(6-8(7)2)18(15,16)10-9(3)13-11(12)17-10/h7-8H,4-6H2,1-3H3. The predicted octanol–water partition coefficient (Wildman–Crippen LogP) is 2.77. The minimum absolute atomic E-state index is 0.282. The summed E-state index contributed by atoms with van der Waals surface area (Å²) < 4.78 is 27.2. The minimum atomic E-state index is -3.42. The molecule has 18 heavy (non-hydrogen) atoms. The molecule has 0 aromatic carbocycles. The fourth-order valence-electron chi connectivity index (χ4n) is 2.15. The number of piperidine rings is 1. The zero-order valence-corrected chi connectivity index (χ0v) is 13.1. The Hall–Kier alpha value is -0.170. The van der Waals surface area contributed by atoms with E-state index in [0.29, 0.717) is 30.6 Å². The summed E-state index contributed by atoms with van der Waals surface area (Å²) in [6.45, 7) is 7.12. The fourth-order valence-corrected chi connectivity index (χ4v) is 5.58. The maximum atomic E-state index is 12.5. The van der Waals surface area contributed by atoms with Gasteiger partial charge in [-0.25, -0.2) is 13.4 Å². The first-order valence-corrected chi connectivity index (χ1v) is 8.59. The van der Waals surface area contributed by atoms with E-state index in [0.717, 1.165) is 17.8 Å². The molecule has 4 nitrogen and oxygen atoms in total. The molecule has 0 aliphatic carbocycles. The highest BCUT2D eigenvalue weighted by Crippen LogP contribution is 2.32. The fraction of sp³-hybridized carbons (Fsp3) is 0.727. The van der Waals surface area contributed by atoms with Gasteiger partial charge in [-0.05, 0) is 25.2 Å². The molecule has 1 aliphatic heterocycles. The highest BCUT2D eigenvalue weighted by molar-refractivity contribution is 7.91. The Bertz CT molecular complexity index is 541. The van der Waals surface area contributed by atoms with E-state index < -0.39 is 10.0 Å². The number of aryl methyl sites for hydroxylation is 1. The molecule has 1 aliphatic rings. The van der Waals surface area contributed by atoms with Crippen LogP contribution in [0.25, 0.3) is 0 Å². The van der Waals surface area contributed by atoms with Crippen LogP contribution in [0.3, 0.4) is 0 Å². The smallest absolute Gasteiger partial charge is 0.229 e. The molecule has 1 fully saturated rings. The van der Waals surface area contributed by atoms with Crippen LogP contribution in [0.2, 0.25) is 4.47 Å². The van der Waals surface area contributed by atoms with Crippen LogP contribution in [0.5, 0.6) is 0 Å². The van der Waals surface area contributed by atoms with Crippen molar-refractivity contribution in [2.75, 3.05) is 13.1 Å². The Morgan fingerprint density at radius 3 is 2.56 bits per heavy atom. The molecule has 1 saturated heterocycles. The normalized spacial score (nSPS) is 26.4. The van der Waals surface area contributed by atoms with Crippen molar-refractivity contribution in [1.29, 1.82) is 0 Å². The second-order valence-corrected chi connectivity index (χ2v) is 8.66. The summed E-state index contributed by atoms with van der Waals surface area (Å²) in [5.41, 5.74) is 0.497. The summed E-state index contributed by atoms with van der Waals surface area (Å²) in [4.78, 5) is 3.98. The number of sulfonamides is 1. The SMILES string of the molecule is Cc1nc(Cl)sc1S(=O)(=O)N1CCC(C)C(C)C1. The Balaban J connectivity index is 2.29. The van der Waals surface area contributed by atoms with Gasteiger partial charge in [-0.2, -0.15) is 4.31 Å². The Labute approximate surface area is 117 Å². The van der Waals surface area contributed by atoms with Crippen molar-refractivity contribution >= 4 is 33.0 Å². The minimum Gasteiger partial charge on any atom is -0.229 e. The van der Waals surface area contributed by atoms with Crippen LogP contribution in [-0.4, -0.2) is 30.8 Å². The monoisotopic (exact) mass is 308 g/mol. The number of halogens is 1. The van der Waals surface area contributed by atoms with Crippen molar-refractivity contribution in [3.63, 3.8) is 0 Å². The topological polar surface area (TPSA) is 50.3 Å². The van der Waals surface area contributed by atoms with E-state index in [1.807, 2.05) is 0 Å². The van der Waals surface area contributed by atoms with Crippen molar-refractivity contribution in [1.82, 2.24) is 9.29 Å². The summed E-state index contributed by atoms with van der Waals surface area (Å²) >= 11 is 6.83. The lowest BCUT2D eigenvalue weighted by molar-refractivity contribution is 0.213. The third-order valence-electron chi connectivity index (χ3n) is 3.60. The number of thiazole rings is 1. The Morgan fingerprint density at radius 2 is 2.06 bits per heavy atom. The molecule has 7 heteroatoms. The van der Waals surface area contributed by atoms with Gasteiger partial charge in [0.1, 0.15) is 0 Å². The molecule has 2 heterocycles. The van der Waals surface area contributed by atoms with Crippen LogP contribution < -0.4 is 0 Å². The highest BCUT2D eigenvalue weighted by Gasteiger charge is 2.34. The van der Waals surface area contributed by atoms with Gasteiger partial charge in [0.25, 0.3) is 10.0 Å². The number of nitrogens with zero attached hydrogens (tertiary/aromatic N) is 2. The molecule has 1 aromatic heterocycles. The van der Waals surface area contributed by atoms with Crippen LogP contribution in [0.1, 0.15) is 26.0 Å². The number of hydrogen-bond acceptors (Lipinski definition) is 4. The van der Waals surface area contributed by atoms with Crippen molar-refractivity contribution in [3.05, 3.63) is 10.2 Å². The van der Waals surface area contributed by atoms with Gasteiger partial charge in [0, 0.05) is 13.1 Å². The van der Waals surface area contributed by atoms with Crippen LogP contribution >= 0.6 is 22.9 Å². The lowest BCUT2D eigenvalue weighted by atomic mass is 9.90. The molecular weight excluding hydrogens is 292 g/mol. The average Bonchev–Trinajstić information content (AvgIpc) is 2.62. The molecule has 2 rings (SSSR count). The highest BCUT2D eigenvalue weighted by atomic mass is 35.5. The Morgan fingerprint density at radius 1 is 1.39 bits per heavy atom. The molecule has 0 radical (unpaired) electrons. The first-order valence-electron chi connectivity index (χ1n) is 5.95. The third kappa shape index (κ3) is 2.57. The van der Waals surface area contributed by atoms with Gasteiger partial charge < -0.3 is 0 Å². The van der Waals surface area contributed by atoms with Crippen molar-refractivity contribution in [3.8, 4) is 0 Å². The predicted molar refractivity (Wildman–Crippen MR) is 73.6 cm³/mol. The zero-order chi connectivity index (χ0) is 13.5. The lowest BCUT2D eigenvalue weighted by Gasteiger charge is -2.34. The number of aromatic nitrogens is 1. The molecule has 0 bridgehead atoms. The molecule has 0 amide bonds. The van der Waals surface area contributed by atoms with Gasteiger partial charge >= 0.3 is 0 Å². The molecule has 0 N–H and O–H groups in total. The first kappa shape index (κ1) is 14.2. The van der Waals surface area contributed by atoms with Crippen molar-refractivity contribution in [2.45, 2.75) is 31.4 Å². The van der Waals surface area contributed by atoms with Crippen LogP contribution in [0.4, 0.5) is 0 Å². The quantitative estimate of drug-likeness (QED) is 0.844. The van der Waals surface area contributed by atoms with Crippen molar-refractivity contribution < 1.29 is 8.42 Å². The maximum Gasteiger partial charge on any atom is 0.254 e. The van der Waals surface area contributed by atoms with Gasteiger partial charge in [-0.1, -0.05) is 36.8 Å². The van der Waals surface area contributed by atoms with Gasteiger partial charge in [0.2, 0.25) is 0 Å². The van der Waals surface area contributed by atoms with Gasteiger partial charge in [0.05, 0.1) is 5.69 Å². The van der Waals surface area contributed by atoms with E-state index in [9.17, 15) is 8.42 Å². The maximum absolute atomic E-state index is 12.5. The van der Waals surface area contributed by atoms with Gasteiger partial charge in [0.15, 0.2) is 8.68 Å². The van der Waals surface area contributed by atoms with Crippen LogP contribution in [0.15, 0.2) is 4.21 Å². The van der Waals surface area contributed by atoms with Crippen LogP contribution in [-0.2, 0) is 10.0 Å². The lowest BCUT2D eigenvalue weighted by Crippen LogP contribution is -2.42. The van der Waals surface area contributed by atoms with Crippen molar-refractivity contribution in [2.24, 2.45) is 11.8 Å². The molecule has 0 saturated carbocycles. The zero-order valence-electron chi connectivity index (χ0n) is 10.7. The van der Waals surface area contributed by atoms with E-state index in [2.05, 4.69) is 18.8 Å². The second kappa shape index (κ2) is 5.07. The molecule has 1 aromatic rings. The van der Waals surface area contributed by atoms with E-state index in [-0.39, 0.29) is 8.68 Å². The molecule has 2 atom stereocenters. The Kier molecular flexibility index (Phi) is 4.02. The van der Waals surface area contributed by atoms with E-state index in [1.165, 1.54) is 0 Å². The molecule has 2 unspecified atom stereocenters. The van der Waals surface area contributed by atoms with E-state index >= 15 is 0 Å². The van der Waals surface area contributed by atoms with Gasteiger partial charge in [-0.3, -0.25) is 0 Å². The average molecular weight is 309 g/mol. The summed E-state index contributed by atoms with van der Waals surface area (Å²) in [6.07, 6.45) is 0.909. The summed E-state index contributed by atoms with van der Waals surface area (Å²) in [7, 11) is -3.42. The van der Waals surface area contributed by atoms with E-state index in [1.54, 1.807) is 11.2 Å². The summed E-state index contributed by atoms with van der Waals surface area (Å²) in [6, 6.07) is 0. The summed E-state index contributed by atoms with van der Waals surface area (Å²) in [5, 5.41) is 0. The largest absolute Gasteiger partial charge is 0.254 e.